The van der Waals surface area contributed by atoms with Crippen molar-refractivity contribution in [3.8, 4) is 0 Å². The van der Waals surface area contributed by atoms with Gasteiger partial charge in [-0.05, 0) is 12.8 Å². The van der Waals surface area contributed by atoms with Crippen molar-refractivity contribution in [2.75, 3.05) is 0 Å². The Hall–Kier alpha value is -0.990. The average molecular weight is 170 g/mol. The van der Waals surface area contributed by atoms with Gasteiger partial charge in [0.2, 0.25) is 0 Å². The van der Waals surface area contributed by atoms with E-state index in [1.807, 2.05) is 13.8 Å². The van der Waals surface area contributed by atoms with Crippen molar-refractivity contribution in [1.82, 2.24) is 0 Å². The molecule has 0 aromatic carbocycles. The van der Waals surface area contributed by atoms with E-state index in [1.165, 1.54) is 0 Å². The number of ether oxygens (including phenoxy) is 1. The van der Waals surface area contributed by atoms with E-state index in [0.717, 1.165) is 6.42 Å². The van der Waals surface area contributed by atoms with Gasteiger partial charge in [-0.2, -0.15) is 0 Å². The lowest BCUT2D eigenvalue weighted by atomic mass is 10.1. The van der Waals surface area contributed by atoms with Crippen molar-refractivity contribution in [3.63, 3.8) is 0 Å². The molecule has 0 saturated heterocycles. The van der Waals surface area contributed by atoms with Crippen LogP contribution in [0.15, 0.2) is 11.3 Å². The molecule has 0 aliphatic carbocycles. The van der Waals surface area contributed by atoms with Gasteiger partial charge in [0.05, 0.1) is 5.57 Å². The molecule has 68 valence electrons. The summed E-state index contributed by atoms with van der Waals surface area (Å²) in [6.07, 6.45) is 1.78. The highest BCUT2D eigenvalue weighted by atomic mass is 16.6. The highest BCUT2D eigenvalue weighted by Crippen LogP contribution is 2.25. The normalized spacial score (nSPS) is 23.2. The van der Waals surface area contributed by atoms with Crippen LogP contribution in [-0.2, 0) is 9.53 Å². The minimum atomic E-state index is -0.377. The van der Waals surface area contributed by atoms with Gasteiger partial charge in [-0.3, -0.25) is 0 Å². The summed E-state index contributed by atoms with van der Waals surface area (Å²) in [5.74, 6) is -0.210. The molecule has 0 spiro atoms. The molecule has 1 atom stereocenters. The lowest BCUT2D eigenvalue weighted by Gasteiger charge is -2.07. The Balaban J connectivity index is 2.74. The molecule has 0 unspecified atom stereocenters. The van der Waals surface area contributed by atoms with E-state index in [9.17, 15) is 9.90 Å². The molecular weight excluding hydrogens is 156 g/mol. The fraction of sp³-hybridized carbons (Fsp3) is 0.667. The SMILES string of the molecule is CCC[C@H]1OC(=O)C(CC)=C1O. The maximum Gasteiger partial charge on any atom is 0.338 e. The largest absolute Gasteiger partial charge is 0.508 e. The van der Waals surface area contributed by atoms with Gasteiger partial charge in [0, 0.05) is 0 Å². The van der Waals surface area contributed by atoms with E-state index >= 15 is 0 Å². The van der Waals surface area contributed by atoms with Crippen LogP contribution in [0.2, 0.25) is 0 Å². The number of carbonyl (C=O) groups excluding carboxylic acids is 1. The van der Waals surface area contributed by atoms with Gasteiger partial charge in [0.1, 0.15) is 5.76 Å². The van der Waals surface area contributed by atoms with Gasteiger partial charge in [0.15, 0.2) is 6.10 Å². The third-order valence-corrected chi connectivity index (χ3v) is 2.01. The van der Waals surface area contributed by atoms with E-state index in [4.69, 9.17) is 4.74 Å². The molecule has 1 rings (SSSR count). The molecular formula is C9H14O3. The Bertz CT molecular complexity index is 218. The molecule has 1 aliphatic heterocycles. The number of aliphatic hydroxyl groups is 1. The number of esters is 1. The Labute approximate surface area is 72.0 Å². The van der Waals surface area contributed by atoms with E-state index in [1.54, 1.807) is 0 Å². The van der Waals surface area contributed by atoms with E-state index in [0.29, 0.717) is 18.4 Å². The molecule has 3 nitrogen and oxygen atoms in total. The van der Waals surface area contributed by atoms with Crippen LogP contribution in [0.1, 0.15) is 33.1 Å². The van der Waals surface area contributed by atoms with Crippen molar-refractivity contribution >= 4 is 5.97 Å². The zero-order chi connectivity index (χ0) is 9.14. The smallest absolute Gasteiger partial charge is 0.338 e. The Morgan fingerprint density at radius 1 is 1.50 bits per heavy atom. The average Bonchev–Trinajstić information content (AvgIpc) is 2.29. The molecule has 0 saturated carbocycles. The number of cyclic esters (lactones) is 1. The van der Waals surface area contributed by atoms with Crippen LogP contribution in [0.5, 0.6) is 0 Å². The van der Waals surface area contributed by atoms with E-state index < -0.39 is 0 Å². The quantitative estimate of drug-likeness (QED) is 0.658. The summed E-state index contributed by atoms with van der Waals surface area (Å²) in [5, 5.41) is 9.48. The first-order valence-corrected chi connectivity index (χ1v) is 4.33. The van der Waals surface area contributed by atoms with Gasteiger partial charge < -0.3 is 9.84 Å². The molecule has 0 fully saturated rings. The van der Waals surface area contributed by atoms with Crippen molar-refractivity contribution in [3.05, 3.63) is 11.3 Å². The van der Waals surface area contributed by atoms with Crippen molar-refractivity contribution in [1.29, 1.82) is 0 Å². The Morgan fingerprint density at radius 2 is 2.17 bits per heavy atom. The van der Waals surface area contributed by atoms with Crippen LogP contribution >= 0.6 is 0 Å². The Kier molecular flexibility index (Phi) is 2.74. The first kappa shape index (κ1) is 9.10. The van der Waals surface area contributed by atoms with E-state index in [2.05, 4.69) is 0 Å². The van der Waals surface area contributed by atoms with E-state index in [-0.39, 0.29) is 17.8 Å². The van der Waals surface area contributed by atoms with Gasteiger partial charge in [-0.15, -0.1) is 0 Å². The molecule has 12 heavy (non-hydrogen) atoms. The first-order chi connectivity index (χ1) is 5.70. The molecule has 1 heterocycles. The maximum atomic E-state index is 11.1. The standard InChI is InChI=1S/C9H14O3/c1-3-5-7-8(10)6(4-2)9(11)12-7/h7,10H,3-5H2,1-2H3/t7-/m1/s1. The lowest BCUT2D eigenvalue weighted by molar-refractivity contribution is -0.140. The van der Waals surface area contributed by atoms with Crippen molar-refractivity contribution < 1.29 is 14.6 Å². The third kappa shape index (κ3) is 1.44. The topological polar surface area (TPSA) is 46.5 Å². The van der Waals surface area contributed by atoms with Crippen LogP contribution in [0.3, 0.4) is 0 Å². The fourth-order valence-electron chi connectivity index (χ4n) is 1.34. The number of hydrogen-bond donors (Lipinski definition) is 1. The zero-order valence-corrected chi connectivity index (χ0v) is 7.46. The fourth-order valence-corrected chi connectivity index (χ4v) is 1.34. The predicted molar refractivity (Wildman–Crippen MR) is 44.7 cm³/mol. The number of rotatable bonds is 3. The van der Waals surface area contributed by atoms with Crippen LogP contribution in [0, 0.1) is 0 Å². The minimum absolute atomic E-state index is 0.143. The summed E-state index contributed by atoms with van der Waals surface area (Å²) in [6, 6.07) is 0. The van der Waals surface area contributed by atoms with Crippen LogP contribution < -0.4 is 0 Å². The molecule has 0 radical (unpaired) electrons. The summed E-state index contributed by atoms with van der Waals surface area (Å²) < 4.78 is 4.95. The highest BCUT2D eigenvalue weighted by Gasteiger charge is 2.31. The van der Waals surface area contributed by atoms with Crippen LogP contribution in [-0.4, -0.2) is 17.2 Å². The molecule has 0 aromatic heterocycles. The van der Waals surface area contributed by atoms with Crippen LogP contribution in [0.4, 0.5) is 0 Å². The zero-order valence-electron chi connectivity index (χ0n) is 7.46. The highest BCUT2D eigenvalue weighted by molar-refractivity contribution is 5.91. The number of hydrogen-bond acceptors (Lipinski definition) is 3. The maximum absolute atomic E-state index is 11.1. The van der Waals surface area contributed by atoms with Crippen molar-refractivity contribution in [2.24, 2.45) is 0 Å². The molecule has 0 amide bonds. The molecule has 3 heteroatoms. The monoisotopic (exact) mass is 170 g/mol. The predicted octanol–water partition coefficient (Wildman–Crippen LogP) is 1.93. The number of aliphatic hydroxyl groups excluding tert-OH is 1. The molecule has 0 aromatic rings. The number of carbonyl (C=O) groups is 1. The summed E-state index contributed by atoms with van der Waals surface area (Å²) in [4.78, 5) is 11.1. The molecule has 1 N–H and O–H groups in total. The third-order valence-electron chi connectivity index (χ3n) is 2.01. The van der Waals surface area contributed by atoms with Gasteiger partial charge in [0.25, 0.3) is 0 Å². The second-order valence-electron chi connectivity index (χ2n) is 2.90. The minimum Gasteiger partial charge on any atom is -0.508 e. The second-order valence-corrected chi connectivity index (χ2v) is 2.90. The summed E-state index contributed by atoms with van der Waals surface area (Å²) in [6.45, 7) is 3.83. The first-order valence-electron chi connectivity index (χ1n) is 4.33. The second kappa shape index (κ2) is 3.61. The summed E-state index contributed by atoms with van der Waals surface area (Å²) in [5.41, 5.74) is 0.438. The van der Waals surface area contributed by atoms with Crippen LogP contribution in [0.25, 0.3) is 0 Å². The van der Waals surface area contributed by atoms with Gasteiger partial charge in [-0.25, -0.2) is 4.79 Å². The Morgan fingerprint density at radius 3 is 2.58 bits per heavy atom. The van der Waals surface area contributed by atoms with Crippen molar-refractivity contribution in [2.45, 2.75) is 39.2 Å². The van der Waals surface area contributed by atoms with Gasteiger partial charge in [-0.1, -0.05) is 20.3 Å². The summed E-state index contributed by atoms with van der Waals surface area (Å²) >= 11 is 0. The molecule has 1 aliphatic rings. The molecule has 0 bridgehead atoms. The lowest BCUT2D eigenvalue weighted by Crippen LogP contribution is -2.10. The summed E-state index contributed by atoms with van der Waals surface area (Å²) in [7, 11) is 0. The van der Waals surface area contributed by atoms with Gasteiger partial charge >= 0.3 is 5.97 Å².